The number of anilines is 1. The van der Waals surface area contributed by atoms with Crippen molar-refractivity contribution in [2.24, 2.45) is 0 Å². The van der Waals surface area contributed by atoms with E-state index in [-0.39, 0.29) is 11.6 Å². The first-order valence-electron chi connectivity index (χ1n) is 7.26. The van der Waals surface area contributed by atoms with Gasteiger partial charge in [-0.25, -0.2) is 4.68 Å². The first-order chi connectivity index (χ1) is 8.65. The third-order valence-electron chi connectivity index (χ3n) is 3.94. The first kappa shape index (κ1) is 13.2. The van der Waals surface area contributed by atoms with E-state index >= 15 is 0 Å². The van der Waals surface area contributed by atoms with Gasteiger partial charge in [-0.1, -0.05) is 20.8 Å². The Bertz CT molecular complexity index is 464. The minimum absolute atomic E-state index is 0.0269. The van der Waals surface area contributed by atoms with Crippen molar-refractivity contribution in [3.63, 3.8) is 0 Å². The Labute approximate surface area is 109 Å². The molecular weight excluding hydrogens is 226 g/mol. The molecule has 0 bridgehead atoms. The fourth-order valence-electron chi connectivity index (χ4n) is 2.82. The molecule has 2 N–H and O–H groups in total. The molecule has 0 atom stereocenters. The van der Waals surface area contributed by atoms with E-state index in [4.69, 9.17) is 5.73 Å². The Hall–Kier alpha value is -1.19. The molecule has 102 valence electrons. The summed E-state index contributed by atoms with van der Waals surface area (Å²) in [4.78, 5) is 12.4. The third kappa shape index (κ3) is 2.08. The molecule has 1 fully saturated rings. The molecular formula is C14H25N3O. The largest absolute Gasteiger partial charge is 0.393 e. The first-order valence-corrected chi connectivity index (χ1v) is 7.26. The molecule has 0 spiro atoms. The average molecular weight is 251 g/mol. The van der Waals surface area contributed by atoms with Gasteiger partial charge in [0.15, 0.2) is 0 Å². The van der Waals surface area contributed by atoms with E-state index in [2.05, 4.69) is 25.5 Å². The summed E-state index contributed by atoms with van der Waals surface area (Å²) in [5.74, 6) is 0.528. The normalized spacial score (nSPS) is 15.6. The van der Waals surface area contributed by atoms with Gasteiger partial charge >= 0.3 is 0 Å². The number of hydrogen-bond acceptors (Lipinski definition) is 2. The summed E-state index contributed by atoms with van der Waals surface area (Å²) in [5.41, 5.74) is 7.70. The topological polar surface area (TPSA) is 52.9 Å². The lowest BCUT2D eigenvalue weighted by Gasteiger charge is -2.20. The van der Waals surface area contributed by atoms with Crippen LogP contribution in [0.25, 0.3) is 0 Å². The maximum absolute atomic E-state index is 12.4. The minimum Gasteiger partial charge on any atom is -0.393 e. The number of nitrogens with zero attached hydrogens (tertiary/aromatic N) is 2. The van der Waals surface area contributed by atoms with Crippen LogP contribution in [0.1, 0.15) is 70.5 Å². The summed E-state index contributed by atoms with van der Waals surface area (Å²) in [5, 5.41) is 0. The molecule has 1 saturated carbocycles. The van der Waals surface area contributed by atoms with E-state index < -0.39 is 0 Å². The van der Waals surface area contributed by atoms with Crippen molar-refractivity contribution in [1.82, 2.24) is 9.36 Å². The number of nitrogen functional groups attached to an aromatic ring is 1. The summed E-state index contributed by atoms with van der Waals surface area (Å²) in [6.45, 7) is 7.32. The average Bonchev–Trinajstić information content (AvgIpc) is 3.15. The van der Waals surface area contributed by atoms with Gasteiger partial charge in [-0.3, -0.25) is 9.48 Å². The minimum atomic E-state index is 0.0269. The predicted molar refractivity (Wildman–Crippen MR) is 75.0 cm³/mol. The quantitative estimate of drug-likeness (QED) is 0.845. The lowest BCUT2D eigenvalue weighted by molar-refractivity contribution is 0.335. The van der Waals surface area contributed by atoms with Crippen LogP contribution in [-0.2, 0) is 6.54 Å². The molecule has 2 rings (SSSR count). The van der Waals surface area contributed by atoms with Crippen molar-refractivity contribution in [1.29, 1.82) is 0 Å². The number of rotatable bonds is 6. The van der Waals surface area contributed by atoms with Gasteiger partial charge in [-0.15, -0.1) is 0 Å². The van der Waals surface area contributed by atoms with E-state index in [9.17, 15) is 4.79 Å². The summed E-state index contributed by atoms with van der Waals surface area (Å²) < 4.78 is 4.10. The second-order valence-electron chi connectivity index (χ2n) is 5.32. The second-order valence-corrected chi connectivity index (χ2v) is 5.32. The van der Waals surface area contributed by atoms with Crippen molar-refractivity contribution in [2.75, 3.05) is 5.73 Å². The summed E-state index contributed by atoms with van der Waals surface area (Å²) in [6.07, 6.45) is 5.36. The highest BCUT2D eigenvalue weighted by Crippen LogP contribution is 2.42. The van der Waals surface area contributed by atoms with Crippen LogP contribution in [0.5, 0.6) is 0 Å². The molecule has 0 unspecified atom stereocenters. The number of nitrogens with two attached hydrogens (primary N) is 1. The predicted octanol–water partition coefficient (Wildman–Crippen LogP) is 2.88. The Morgan fingerprint density at radius 1 is 1.28 bits per heavy atom. The molecule has 1 aliphatic rings. The van der Waals surface area contributed by atoms with E-state index in [1.54, 1.807) is 0 Å². The highest BCUT2D eigenvalue weighted by molar-refractivity contribution is 5.45. The molecule has 4 nitrogen and oxygen atoms in total. The highest BCUT2D eigenvalue weighted by atomic mass is 16.1. The Morgan fingerprint density at radius 3 is 2.33 bits per heavy atom. The van der Waals surface area contributed by atoms with Crippen molar-refractivity contribution in [3.8, 4) is 0 Å². The zero-order valence-corrected chi connectivity index (χ0v) is 11.8. The Kier molecular flexibility index (Phi) is 3.83. The SMILES string of the molecule is CCCn1c(C2CC2)c(N)c(=O)n1C(CC)CC. The second kappa shape index (κ2) is 5.21. The van der Waals surface area contributed by atoms with Gasteiger partial charge in [0.1, 0.15) is 5.69 Å². The summed E-state index contributed by atoms with van der Waals surface area (Å²) in [6, 6.07) is 0.277. The fraction of sp³-hybridized carbons (Fsp3) is 0.786. The highest BCUT2D eigenvalue weighted by Gasteiger charge is 2.33. The third-order valence-corrected chi connectivity index (χ3v) is 3.94. The Morgan fingerprint density at radius 2 is 1.89 bits per heavy atom. The molecule has 1 heterocycles. The van der Waals surface area contributed by atoms with Crippen molar-refractivity contribution < 1.29 is 0 Å². The zero-order chi connectivity index (χ0) is 13.3. The fourth-order valence-corrected chi connectivity index (χ4v) is 2.82. The standard InChI is InChI=1S/C14H25N3O/c1-4-9-16-13(10-7-8-10)12(15)14(18)17(16)11(5-2)6-3/h10-11H,4-9,15H2,1-3H3. The van der Waals surface area contributed by atoms with Crippen LogP contribution >= 0.6 is 0 Å². The smallest absolute Gasteiger partial charge is 0.290 e. The van der Waals surface area contributed by atoms with E-state index in [1.165, 1.54) is 12.8 Å². The maximum atomic E-state index is 12.4. The van der Waals surface area contributed by atoms with Crippen LogP contribution in [0, 0.1) is 0 Å². The number of aromatic nitrogens is 2. The van der Waals surface area contributed by atoms with Crippen LogP contribution in [-0.4, -0.2) is 9.36 Å². The molecule has 1 aromatic heterocycles. The van der Waals surface area contributed by atoms with Gasteiger partial charge in [0, 0.05) is 12.5 Å². The van der Waals surface area contributed by atoms with Crippen LogP contribution < -0.4 is 11.3 Å². The van der Waals surface area contributed by atoms with Gasteiger partial charge in [0.25, 0.3) is 5.56 Å². The molecule has 4 heteroatoms. The van der Waals surface area contributed by atoms with Crippen LogP contribution in [0.3, 0.4) is 0 Å². The van der Waals surface area contributed by atoms with E-state index in [0.29, 0.717) is 11.6 Å². The molecule has 1 aliphatic carbocycles. The van der Waals surface area contributed by atoms with Gasteiger partial charge < -0.3 is 5.73 Å². The van der Waals surface area contributed by atoms with Crippen LogP contribution in [0.2, 0.25) is 0 Å². The molecule has 1 aromatic rings. The summed E-state index contributed by atoms with van der Waals surface area (Å²) in [7, 11) is 0. The zero-order valence-electron chi connectivity index (χ0n) is 11.8. The van der Waals surface area contributed by atoms with E-state index in [1.807, 2.05) is 4.68 Å². The monoisotopic (exact) mass is 251 g/mol. The van der Waals surface area contributed by atoms with Crippen molar-refractivity contribution in [2.45, 2.75) is 71.4 Å². The molecule has 0 radical (unpaired) electrons. The number of hydrogen-bond donors (Lipinski definition) is 1. The lowest BCUT2D eigenvalue weighted by atomic mass is 10.2. The van der Waals surface area contributed by atoms with Gasteiger partial charge in [0.2, 0.25) is 0 Å². The van der Waals surface area contributed by atoms with Crippen molar-refractivity contribution in [3.05, 3.63) is 16.0 Å². The van der Waals surface area contributed by atoms with E-state index in [0.717, 1.165) is 31.5 Å². The molecule has 0 amide bonds. The lowest BCUT2D eigenvalue weighted by Crippen LogP contribution is -2.28. The van der Waals surface area contributed by atoms with Gasteiger partial charge in [-0.05, 0) is 32.1 Å². The van der Waals surface area contributed by atoms with Crippen LogP contribution in [0.4, 0.5) is 5.69 Å². The maximum Gasteiger partial charge on any atom is 0.290 e. The Balaban J connectivity index is 2.55. The van der Waals surface area contributed by atoms with Crippen molar-refractivity contribution >= 4 is 5.69 Å². The van der Waals surface area contributed by atoms with Gasteiger partial charge in [0.05, 0.1) is 11.7 Å². The van der Waals surface area contributed by atoms with Crippen LogP contribution in [0.15, 0.2) is 4.79 Å². The van der Waals surface area contributed by atoms with Gasteiger partial charge in [-0.2, -0.15) is 0 Å². The molecule has 0 aromatic carbocycles. The summed E-state index contributed by atoms with van der Waals surface area (Å²) >= 11 is 0. The molecule has 0 aliphatic heterocycles. The molecule has 0 saturated heterocycles. The molecule has 18 heavy (non-hydrogen) atoms.